The van der Waals surface area contributed by atoms with Gasteiger partial charge >= 0.3 is 0 Å². The minimum Gasteiger partial charge on any atom is -0.405 e. The minimum absolute atomic E-state index is 0.485. The molecule has 2 heteroatoms. The maximum Gasteiger partial charge on any atom is 0.0207 e. The van der Waals surface area contributed by atoms with Gasteiger partial charge < -0.3 is 11.1 Å². The van der Waals surface area contributed by atoms with Crippen LogP contribution in [0.4, 0.5) is 0 Å². The number of fused-ring (bicyclic) bond motifs is 3. The Balaban J connectivity index is 0. The van der Waals surface area contributed by atoms with Gasteiger partial charge in [-0.15, -0.1) is 0 Å². The molecule has 0 aliphatic rings. The predicted octanol–water partition coefficient (Wildman–Crippen LogP) is 19.2. The van der Waals surface area contributed by atoms with Crippen LogP contribution in [0.25, 0.3) is 21.5 Å². The quantitative estimate of drug-likeness (QED) is 0.0536. The highest BCUT2D eigenvalue weighted by molar-refractivity contribution is 6.07. The van der Waals surface area contributed by atoms with Crippen LogP contribution in [-0.2, 0) is 12.8 Å². The van der Waals surface area contributed by atoms with E-state index < -0.39 is 0 Å². The van der Waals surface area contributed by atoms with Crippen LogP contribution in [-0.4, -0.2) is 6.21 Å². The normalized spacial score (nSPS) is 13.6. The molecule has 0 fully saturated rings. The molecule has 3 aromatic rings. The summed E-state index contributed by atoms with van der Waals surface area (Å²) in [6.45, 7) is 33.8. The van der Waals surface area contributed by atoms with Gasteiger partial charge in [0.05, 0.1) is 0 Å². The lowest BCUT2D eigenvalue weighted by Gasteiger charge is -2.16. The number of nitrogens with two attached hydrogens (primary N) is 1. The molecule has 0 spiro atoms. The molecule has 348 valence electrons. The third-order valence-corrected chi connectivity index (χ3v) is 10.6. The van der Waals surface area contributed by atoms with Crippen molar-refractivity contribution in [1.82, 2.24) is 0 Å². The van der Waals surface area contributed by atoms with Crippen molar-refractivity contribution in [3.63, 3.8) is 0 Å². The van der Waals surface area contributed by atoms with Crippen molar-refractivity contribution in [3.05, 3.63) is 204 Å². The Hall–Kier alpha value is -5.47. The molecule has 3 rings (SSSR count). The third kappa shape index (κ3) is 27.6. The van der Waals surface area contributed by atoms with E-state index in [0.29, 0.717) is 11.8 Å². The van der Waals surface area contributed by atoms with Crippen LogP contribution >= 0.6 is 0 Å². The molecule has 0 aliphatic heterocycles. The fourth-order valence-corrected chi connectivity index (χ4v) is 6.16. The van der Waals surface area contributed by atoms with Crippen molar-refractivity contribution in [1.29, 1.82) is 5.41 Å². The number of nitrogens with one attached hydrogen (secondary N) is 1. The van der Waals surface area contributed by atoms with Crippen LogP contribution in [0.5, 0.6) is 0 Å². The second-order valence-electron chi connectivity index (χ2n) is 15.6. The van der Waals surface area contributed by atoms with Gasteiger partial charge in [0, 0.05) is 6.21 Å². The van der Waals surface area contributed by atoms with Gasteiger partial charge in [0.25, 0.3) is 0 Å². The second-order valence-corrected chi connectivity index (χ2v) is 15.6. The van der Waals surface area contributed by atoms with E-state index in [1.165, 1.54) is 62.0 Å². The molecule has 0 saturated carbocycles. The van der Waals surface area contributed by atoms with Crippen molar-refractivity contribution >= 4 is 27.8 Å². The Morgan fingerprint density at radius 1 is 0.703 bits per heavy atom. The zero-order valence-electron chi connectivity index (χ0n) is 43.0. The van der Waals surface area contributed by atoms with E-state index in [0.717, 1.165) is 49.7 Å². The van der Waals surface area contributed by atoms with E-state index in [1.807, 2.05) is 78.0 Å². The van der Waals surface area contributed by atoms with E-state index in [9.17, 15) is 0 Å². The van der Waals surface area contributed by atoms with Crippen molar-refractivity contribution < 1.29 is 0 Å². The summed E-state index contributed by atoms with van der Waals surface area (Å²) in [5.41, 5.74) is 14.5. The standard InChI is InChI=1S/C35H43N.C11H18.C7H11N.C7H12.C2H6/c1-7-25(3)26(4)12-13-27(5)28(6)22-31-15-19-35-33(24-31)17-16-32-23-30(14-18-34(32)35)11-9-10-29(8-2)20-21-36;1-4-7-8-10-11(6-3)9-5-2;1-3-4-5-7(2)6-8;1-3-5-7-6-4-2;1-2/h8-10,12,14-21,23-25,27H,6-7,11,13,22,36H2,1-5H3;4-7,9H,8,10H2,1-3H3;3-6,8H,1-2H3;3,5-7H,4H2,1-2H3;1-2H3/b10-9-,21-20+,26-12+,29-8+;7-4-,9-5-,11-6+;4-3-,7-5+,8-6?;5-3-,7-6-;/t25?,27-;;;;/m0..../s1. The van der Waals surface area contributed by atoms with E-state index >= 15 is 0 Å². The maximum atomic E-state index is 6.76. The Morgan fingerprint density at radius 2 is 1.33 bits per heavy atom. The molecule has 2 nitrogen and oxygen atoms in total. The fourth-order valence-electron chi connectivity index (χ4n) is 6.16. The molecular weight excluding hydrogens is 773 g/mol. The maximum absolute atomic E-state index is 6.76. The molecule has 0 radical (unpaired) electrons. The number of rotatable bonds is 19. The minimum atomic E-state index is 0.485. The van der Waals surface area contributed by atoms with Gasteiger partial charge in [0.1, 0.15) is 0 Å². The first kappa shape index (κ1) is 60.6. The van der Waals surface area contributed by atoms with Crippen LogP contribution in [0.15, 0.2) is 192 Å². The Morgan fingerprint density at radius 3 is 1.84 bits per heavy atom. The molecule has 1 unspecified atom stereocenters. The van der Waals surface area contributed by atoms with Crippen molar-refractivity contribution in [2.45, 2.75) is 142 Å². The first-order valence-electron chi connectivity index (χ1n) is 23.9. The van der Waals surface area contributed by atoms with Gasteiger partial charge in [0.2, 0.25) is 0 Å². The number of hydrogen-bond acceptors (Lipinski definition) is 2. The summed E-state index contributed by atoms with van der Waals surface area (Å²) in [7, 11) is 0. The summed E-state index contributed by atoms with van der Waals surface area (Å²) >= 11 is 0. The van der Waals surface area contributed by atoms with Crippen molar-refractivity contribution in [3.8, 4) is 0 Å². The van der Waals surface area contributed by atoms with Gasteiger partial charge in [-0.05, 0) is 168 Å². The summed E-state index contributed by atoms with van der Waals surface area (Å²) in [6, 6.07) is 18.2. The van der Waals surface area contributed by atoms with Gasteiger partial charge in [-0.2, -0.15) is 0 Å². The Kier molecular flexibility index (Phi) is 38.2. The van der Waals surface area contributed by atoms with Crippen LogP contribution in [0.3, 0.4) is 0 Å². The largest absolute Gasteiger partial charge is 0.405 e. The topological polar surface area (TPSA) is 49.9 Å². The predicted molar refractivity (Wildman–Crippen MR) is 297 cm³/mol. The lowest BCUT2D eigenvalue weighted by molar-refractivity contribution is 0.631. The average Bonchev–Trinajstić information content (AvgIpc) is 3.32. The highest BCUT2D eigenvalue weighted by atomic mass is 14.5. The van der Waals surface area contributed by atoms with Gasteiger partial charge in [-0.1, -0.05) is 211 Å². The van der Waals surface area contributed by atoms with Crippen LogP contribution in [0.1, 0.15) is 140 Å². The third-order valence-electron chi connectivity index (χ3n) is 10.6. The summed E-state index contributed by atoms with van der Waals surface area (Å²) in [6.07, 6.45) is 45.9. The van der Waals surface area contributed by atoms with Crippen LogP contribution < -0.4 is 5.73 Å². The SMILES string of the molecule is C/C=C\C=C(/C)C=N.C/C=C\C=C/CC.C/C=C\CCC(/C=C\C)=C/C.C=C(Cc1ccc2c(ccc3cc(C\C=C/C(/C=C/N)=C\C)ccc32)c1)[C@@H](C)C/C=C(\C)C(C)CC.CC. The zero-order chi connectivity index (χ0) is 48.5. The second kappa shape index (κ2) is 40.3. The monoisotopic (exact) mass is 863 g/mol. The number of benzene rings is 3. The number of allylic oxidation sites excluding steroid dienone is 22. The highest BCUT2D eigenvalue weighted by Crippen LogP contribution is 2.29. The molecule has 3 aromatic carbocycles. The molecule has 64 heavy (non-hydrogen) atoms. The Bertz CT molecular complexity index is 2080. The average molecular weight is 863 g/mol. The molecule has 0 saturated heterocycles. The lowest BCUT2D eigenvalue weighted by Crippen LogP contribution is -2.02. The van der Waals surface area contributed by atoms with E-state index in [-0.39, 0.29) is 0 Å². The first-order valence-corrected chi connectivity index (χ1v) is 23.9. The molecule has 3 N–H and O–H groups in total. The van der Waals surface area contributed by atoms with Crippen LogP contribution in [0, 0.1) is 17.2 Å². The van der Waals surface area contributed by atoms with Gasteiger partial charge in [-0.3, -0.25) is 0 Å². The molecule has 0 aliphatic carbocycles. The molecule has 0 heterocycles. The molecule has 0 amide bonds. The summed E-state index contributed by atoms with van der Waals surface area (Å²) in [5, 5.41) is 12.0. The van der Waals surface area contributed by atoms with Gasteiger partial charge in [-0.25, -0.2) is 0 Å². The number of hydrogen-bond donors (Lipinski definition) is 2. The van der Waals surface area contributed by atoms with E-state index in [1.54, 1.807) is 6.20 Å². The zero-order valence-corrected chi connectivity index (χ0v) is 43.0. The fraction of sp³-hybridized carbons (Fsp3) is 0.371. The van der Waals surface area contributed by atoms with Crippen molar-refractivity contribution in [2.24, 2.45) is 17.6 Å². The molecular formula is C62H90N2. The van der Waals surface area contributed by atoms with Crippen molar-refractivity contribution in [2.75, 3.05) is 0 Å². The smallest absolute Gasteiger partial charge is 0.0207 e. The molecule has 0 bridgehead atoms. The summed E-state index contributed by atoms with van der Waals surface area (Å²) < 4.78 is 0. The molecule has 2 atom stereocenters. The van der Waals surface area contributed by atoms with Gasteiger partial charge in [0.15, 0.2) is 0 Å². The molecule has 0 aromatic heterocycles. The van der Waals surface area contributed by atoms with E-state index in [2.05, 4.69) is 177 Å². The summed E-state index contributed by atoms with van der Waals surface area (Å²) in [4.78, 5) is 0. The Labute approximate surface area is 394 Å². The summed E-state index contributed by atoms with van der Waals surface area (Å²) in [5.74, 6) is 1.15. The van der Waals surface area contributed by atoms with Crippen LogP contribution in [0.2, 0.25) is 0 Å². The van der Waals surface area contributed by atoms with E-state index in [4.69, 9.17) is 11.1 Å². The first-order chi connectivity index (χ1) is 30.9. The highest BCUT2D eigenvalue weighted by Gasteiger charge is 2.10. The lowest BCUT2D eigenvalue weighted by atomic mass is 9.90.